The molecule has 1 heterocycles. The lowest BCUT2D eigenvalue weighted by Gasteiger charge is -2.03. The maximum absolute atomic E-state index is 3.96. The highest BCUT2D eigenvalue weighted by Gasteiger charge is 2.02. The molecule has 0 radical (unpaired) electrons. The van der Waals surface area contributed by atoms with Gasteiger partial charge in [0.15, 0.2) is 4.34 Å². The first-order chi connectivity index (χ1) is 4.74. The van der Waals surface area contributed by atoms with E-state index in [1.54, 1.807) is 23.1 Å². The molecule has 10 heavy (non-hydrogen) atoms. The number of hydrogen-bond donors (Lipinski definition) is 0. The maximum atomic E-state index is 3.96. The summed E-state index contributed by atoms with van der Waals surface area (Å²) in [6, 6.07) is 0. The van der Waals surface area contributed by atoms with Crippen LogP contribution in [0.25, 0.3) is 0 Å². The van der Waals surface area contributed by atoms with Crippen LogP contribution in [0.5, 0.6) is 0 Å². The van der Waals surface area contributed by atoms with E-state index in [4.69, 9.17) is 0 Å². The second kappa shape index (κ2) is 3.21. The van der Waals surface area contributed by atoms with Crippen molar-refractivity contribution in [3.8, 4) is 0 Å². The van der Waals surface area contributed by atoms with Crippen LogP contribution in [-0.2, 0) is 0 Å². The Labute approximate surface area is 68.5 Å². The second-order valence-corrected chi connectivity index (χ2v) is 3.96. The predicted octanol–water partition coefficient (Wildman–Crippen LogP) is 1.33. The molecule has 1 aromatic heterocycles. The average Bonchev–Trinajstić information content (AvgIpc) is 2.34. The van der Waals surface area contributed by atoms with E-state index in [1.165, 1.54) is 0 Å². The van der Waals surface area contributed by atoms with Gasteiger partial charge in [0.25, 0.3) is 0 Å². The van der Waals surface area contributed by atoms with E-state index in [9.17, 15) is 0 Å². The van der Waals surface area contributed by atoms with Crippen LogP contribution in [0.15, 0.2) is 4.34 Å². The third-order valence-electron chi connectivity index (χ3n) is 0.953. The zero-order valence-corrected chi connectivity index (χ0v) is 7.79. The van der Waals surface area contributed by atoms with Crippen LogP contribution in [0.3, 0.4) is 0 Å². The van der Waals surface area contributed by atoms with Crippen LogP contribution < -0.4 is 4.90 Å². The standard InChI is InChI=1S/C5H9N3S2/c1-8(2)4-6-7-5(9-3)10-4/h1-3H3. The van der Waals surface area contributed by atoms with Crippen molar-refractivity contribution in [2.75, 3.05) is 25.3 Å². The summed E-state index contributed by atoms with van der Waals surface area (Å²) in [7, 11) is 3.93. The van der Waals surface area contributed by atoms with Crippen LogP contribution >= 0.6 is 23.1 Å². The van der Waals surface area contributed by atoms with Gasteiger partial charge in [-0.1, -0.05) is 23.1 Å². The molecule has 0 bridgehead atoms. The molecule has 56 valence electrons. The Morgan fingerprint density at radius 2 is 2.10 bits per heavy atom. The second-order valence-electron chi connectivity index (χ2n) is 1.95. The number of thioether (sulfide) groups is 1. The summed E-state index contributed by atoms with van der Waals surface area (Å²) in [5.74, 6) is 0. The van der Waals surface area contributed by atoms with Crippen molar-refractivity contribution in [2.24, 2.45) is 0 Å². The minimum absolute atomic E-state index is 0.962. The Morgan fingerprint density at radius 1 is 1.40 bits per heavy atom. The van der Waals surface area contributed by atoms with E-state index < -0.39 is 0 Å². The molecule has 0 amide bonds. The highest BCUT2D eigenvalue weighted by atomic mass is 32.2. The van der Waals surface area contributed by atoms with E-state index in [-0.39, 0.29) is 0 Å². The lowest BCUT2D eigenvalue weighted by atomic mass is 10.9. The SMILES string of the molecule is CSc1nnc(N(C)C)s1. The lowest BCUT2D eigenvalue weighted by molar-refractivity contribution is 0.974. The van der Waals surface area contributed by atoms with Crippen LogP contribution in [0, 0.1) is 0 Å². The van der Waals surface area contributed by atoms with Crippen molar-refractivity contribution in [2.45, 2.75) is 4.34 Å². The van der Waals surface area contributed by atoms with Gasteiger partial charge in [0, 0.05) is 14.1 Å². The Hall–Kier alpha value is -0.290. The molecule has 0 unspecified atom stereocenters. The summed E-state index contributed by atoms with van der Waals surface area (Å²) < 4.78 is 1.02. The molecule has 0 saturated carbocycles. The molecule has 0 aliphatic heterocycles. The molecule has 1 aromatic rings. The van der Waals surface area contributed by atoms with E-state index in [0.717, 1.165) is 9.47 Å². The van der Waals surface area contributed by atoms with Crippen molar-refractivity contribution in [1.29, 1.82) is 0 Å². The fraction of sp³-hybridized carbons (Fsp3) is 0.600. The Bertz CT molecular complexity index is 208. The number of rotatable bonds is 2. The van der Waals surface area contributed by atoms with Crippen molar-refractivity contribution < 1.29 is 0 Å². The van der Waals surface area contributed by atoms with Gasteiger partial charge < -0.3 is 4.90 Å². The molecule has 0 aliphatic carbocycles. The summed E-state index contributed by atoms with van der Waals surface area (Å²) in [6.45, 7) is 0. The zero-order valence-electron chi connectivity index (χ0n) is 6.16. The molecule has 0 saturated heterocycles. The summed E-state index contributed by atoms with van der Waals surface area (Å²) in [4.78, 5) is 1.96. The van der Waals surface area contributed by atoms with E-state index in [1.807, 2.05) is 25.3 Å². The summed E-state index contributed by atoms with van der Waals surface area (Å²) in [5, 5.41) is 8.87. The molecule has 1 rings (SSSR count). The Morgan fingerprint density at radius 3 is 2.40 bits per heavy atom. The first kappa shape index (κ1) is 7.81. The number of anilines is 1. The normalized spacial score (nSPS) is 9.90. The number of hydrogen-bond acceptors (Lipinski definition) is 5. The van der Waals surface area contributed by atoms with Crippen LogP contribution in [-0.4, -0.2) is 30.5 Å². The Kier molecular flexibility index (Phi) is 2.50. The van der Waals surface area contributed by atoms with Crippen molar-refractivity contribution in [1.82, 2.24) is 10.2 Å². The molecule has 0 atom stereocenters. The van der Waals surface area contributed by atoms with Gasteiger partial charge in [-0.25, -0.2) is 0 Å². The van der Waals surface area contributed by atoms with Gasteiger partial charge in [-0.15, -0.1) is 10.2 Å². The number of aromatic nitrogens is 2. The highest BCUT2D eigenvalue weighted by molar-refractivity contribution is 8.00. The van der Waals surface area contributed by atoms with Crippen LogP contribution in [0.2, 0.25) is 0 Å². The first-order valence-electron chi connectivity index (χ1n) is 2.79. The number of nitrogens with zero attached hydrogens (tertiary/aromatic N) is 3. The molecule has 3 nitrogen and oxygen atoms in total. The van der Waals surface area contributed by atoms with Gasteiger partial charge in [0.2, 0.25) is 5.13 Å². The molecule has 0 aliphatic rings. The summed E-state index contributed by atoms with van der Waals surface area (Å²) in [6.07, 6.45) is 2.00. The average molecular weight is 175 g/mol. The van der Waals surface area contributed by atoms with Crippen LogP contribution in [0.1, 0.15) is 0 Å². The van der Waals surface area contributed by atoms with Gasteiger partial charge in [-0.3, -0.25) is 0 Å². The van der Waals surface area contributed by atoms with Gasteiger partial charge in [-0.05, 0) is 6.26 Å². The van der Waals surface area contributed by atoms with Crippen molar-refractivity contribution in [3.05, 3.63) is 0 Å². The lowest BCUT2D eigenvalue weighted by Crippen LogP contribution is -2.07. The maximum Gasteiger partial charge on any atom is 0.208 e. The van der Waals surface area contributed by atoms with Gasteiger partial charge in [0.05, 0.1) is 0 Å². The largest absolute Gasteiger partial charge is 0.353 e. The van der Waals surface area contributed by atoms with E-state index in [0.29, 0.717) is 0 Å². The Balaban J connectivity index is 2.78. The van der Waals surface area contributed by atoms with Crippen molar-refractivity contribution >= 4 is 28.2 Å². The van der Waals surface area contributed by atoms with Crippen molar-refractivity contribution in [3.63, 3.8) is 0 Å². The third-order valence-corrected chi connectivity index (χ3v) is 3.02. The van der Waals surface area contributed by atoms with E-state index >= 15 is 0 Å². The zero-order chi connectivity index (χ0) is 7.56. The molecule has 0 aromatic carbocycles. The topological polar surface area (TPSA) is 29.0 Å². The molecular weight excluding hydrogens is 166 g/mol. The van der Waals surface area contributed by atoms with Crippen LogP contribution in [0.4, 0.5) is 5.13 Å². The van der Waals surface area contributed by atoms with Gasteiger partial charge >= 0.3 is 0 Å². The minimum atomic E-state index is 0.962. The summed E-state index contributed by atoms with van der Waals surface area (Å²) in [5.41, 5.74) is 0. The molecule has 0 spiro atoms. The van der Waals surface area contributed by atoms with Gasteiger partial charge in [0.1, 0.15) is 0 Å². The summed E-state index contributed by atoms with van der Waals surface area (Å²) >= 11 is 3.23. The fourth-order valence-electron chi connectivity index (χ4n) is 0.466. The highest BCUT2D eigenvalue weighted by Crippen LogP contribution is 2.24. The first-order valence-corrected chi connectivity index (χ1v) is 4.83. The molecule has 5 heteroatoms. The molecule has 0 fully saturated rings. The minimum Gasteiger partial charge on any atom is -0.353 e. The monoisotopic (exact) mass is 175 g/mol. The molecular formula is C5H9N3S2. The fourth-order valence-corrected chi connectivity index (χ4v) is 1.65. The van der Waals surface area contributed by atoms with Gasteiger partial charge in [-0.2, -0.15) is 0 Å². The quantitative estimate of drug-likeness (QED) is 0.634. The third kappa shape index (κ3) is 1.60. The molecule has 0 N–H and O–H groups in total. The van der Waals surface area contributed by atoms with E-state index in [2.05, 4.69) is 10.2 Å². The smallest absolute Gasteiger partial charge is 0.208 e. The predicted molar refractivity (Wildman–Crippen MR) is 46.0 cm³/mol.